The summed E-state index contributed by atoms with van der Waals surface area (Å²) in [5.41, 5.74) is 1.05. The minimum atomic E-state index is -1.32. The minimum absolute atomic E-state index is 0.212. The van der Waals surface area contributed by atoms with Crippen molar-refractivity contribution >= 4 is 39.5 Å². The van der Waals surface area contributed by atoms with E-state index >= 15 is 0 Å². The highest BCUT2D eigenvalue weighted by atomic mass is 127. The highest BCUT2D eigenvalue weighted by Crippen LogP contribution is 2.33. The maximum Gasteiger partial charge on any atom is 0.341 e. The van der Waals surface area contributed by atoms with Crippen molar-refractivity contribution < 1.29 is 19.4 Å². The summed E-state index contributed by atoms with van der Waals surface area (Å²) in [5.74, 6) is -1.58. The van der Waals surface area contributed by atoms with Crippen LogP contribution in [0.1, 0.15) is 53.9 Å². The van der Waals surface area contributed by atoms with E-state index in [4.69, 9.17) is 0 Å². The number of fused-ring (bicyclic) bond motifs is 1. The van der Waals surface area contributed by atoms with Crippen molar-refractivity contribution in [3.05, 3.63) is 80.9 Å². The summed E-state index contributed by atoms with van der Waals surface area (Å²) < 4.78 is 16.9. The molecule has 31 heavy (non-hydrogen) atoms. The summed E-state index contributed by atoms with van der Waals surface area (Å²) in [6.45, 7) is 5.61. The first-order valence-electron chi connectivity index (χ1n) is 9.92. The number of aromatic nitrogens is 1. The number of carboxylic acids is 1. The molecule has 0 amide bonds. The lowest BCUT2D eigenvalue weighted by Crippen LogP contribution is -2.30. The van der Waals surface area contributed by atoms with Gasteiger partial charge >= 0.3 is 5.97 Å². The van der Waals surface area contributed by atoms with Gasteiger partial charge in [0, 0.05) is 22.4 Å². The number of hydrogen-bond donors (Lipinski definition) is 2. The van der Waals surface area contributed by atoms with Crippen LogP contribution in [-0.2, 0) is 10.8 Å². The lowest BCUT2D eigenvalue weighted by molar-refractivity contribution is 0.0692. The molecule has 0 aliphatic heterocycles. The number of rotatable bonds is 6. The maximum atomic E-state index is 14.7. The van der Waals surface area contributed by atoms with Gasteiger partial charge in [-0.3, -0.25) is 4.79 Å². The zero-order valence-corrected chi connectivity index (χ0v) is 19.8. The van der Waals surface area contributed by atoms with Crippen molar-refractivity contribution in [1.29, 1.82) is 0 Å². The van der Waals surface area contributed by atoms with E-state index in [9.17, 15) is 24.2 Å². The zero-order chi connectivity index (χ0) is 22.9. The number of carboxylic acid groups (broad SMARTS) is 1. The van der Waals surface area contributed by atoms with E-state index in [2.05, 4.69) is 22.6 Å². The number of aliphatic hydroxyl groups excluding tert-OH is 1. The van der Waals surface area contributed by atoms with Gasteiger partial charge in [-0.05, 0) is 34.2 Å². The Hall–Kier alpha value is -2.26. The molecular formula is C24H25FINO4. The maximum absolute atomic E-state index is 14.7. The van der Waals surface area contributed by atoms with Gasteiger partial charge in [-0.25, -0.2) is 9.18 Å². The molecule has 0 saturated heterocycles. The lowest BCUT2D eigenvalue weighted by atomic mass is 9.86. The number of aromatic carboxylic acids is 1. The Kier molecular flexibility index (Phi) is 6.85. The monoisotopic (exact) mass is 537 g/mol. The van der Waals surface area contributed by atoms with Crippen LogP contribution in [0.2, 0.25) is 0 Å². The van der Waals surface area contributed by atoms with E-state index in [1.807, 2.05) is 26.8 Å². The fourth-order valence-corrected chi connectivity index (χ4v) is 4.38. The van der Waals surface area contributed by atoms with Crippen LogP contribution in [-0.4, -0.2) is 27.4 Å². The number of nitrogens with zero attached hydrogens (tertiary/aromatic N) is 1. The Bertz CT molecular complexity index is 1200. The van der Waals surface area contributed by atoms with Crippen LogP contribution in [0, 0.1) is 11.2 Å². The highest BCUT2D eigenvalue weighted by Gasteiger charge is 2.28. The molecule has 0 aliphatic carbocycles. The van der Waals surface area contributed by atoms with Gasteiger partial charge < -0.3 is 14.8 Å². The molecule has 0 aliphatic rings. The number of halogens is 2. The van der Waals surface area contributed by atoms with Gasteiger partial charge in [-0.2, -0.15) is 0 Å². The Balaban J connectivity index is 2.21. The van der Waals surface area contributed by atoms with Crippen molar-refractivity contribution in [2.75, 3.05) is 6.61 Å². The van der Waals surface area contributed by atoms with Crippen LogP contribution in [0.4, 0.5) is 4.39 Å². The molecule has 7 heteroatoms. The second-order valence-electron chi connectivity index (χ2n) is 8.70. The van der Waals surface area contributed by atoms with E-state index in [-0.39, 0.29) is 35.2 Å². The molecule has 0 spiro atoms. The molecule has 5 nitrogen and oxygen atoms in total. The van der Waals surface area contributed by atoms with E-state index in [1.165, 1.54) is 6.20 Å². The topological polar surface area (TPSA) is 79.5 Å². The van der Waals surface area contributed by atoms with Crippen molar-refractivity contribution in [2.24, 2.45) is 5.41 Å². The summed E-state index contributed by atoms with van der Waals surface area (Å²) in [6, 6.07) is 10.0. The first-order chi connectivity index (χ1) is 14.6. The van der Waals surface area contributed by atoms with Gasteiger partial charge in [0.25, 0.3) is 0 Å². The Morgan fingerprint density at radius 2 is 1.87 bits per heavy atom. The average molecular weight is 537 g/mol. The fraction of sp³-hybridized carbons (Fsp3) is 0.333. The molecule has 3 aromatic rings. The predicted octanol–water partition coefficient (Wildman–Crippen LogP) is 4.94. The number of benzene rings is 2. The third-order valence-corrected chi connectivity index (χ3v) is 6.35. The number of aliphatic hydroxyl groups is 1. The zero-order valence-electron chi connectivity index (χ0n) is 17.7. The summed E-state index contributed by atoms with van der Waals surface area (Å²) >= 11 is 2.11. The van der Waals surface area contributed by atoms with Gasteiger partial charge in [0.15, 0.2) is 0 Å². The number of alkyl halides is 1. The molecule has 0 saturated carbocycles. The average Bonchev–Trinajstić information content (AvgIpc) is 2.70. The molecular weight excluding hydrogens is 512 g/mol. The molecule has 0 bridgehead atoms. The van der Waals surface area contributed by atoms with Crippen LogP contribution in [0.15, 0.2) is 47.4 Å². The summed E-state index contributed by atoms with van der Waals surface area (Å²) in [7, 11) is 0. The Morgan fingerprint density at radius 3 is 2.45 bits per heavy atom. The summed E-state index contributed by atoms with van der Waals surface area (Å²) in [6.07, 6.45) is 1.59. The molecule has 2 aromatic carbocycles. The van der Waals surface area contributed by atoms with Crippen LogP contribution >= 0.6 is 22.6 Å². The number of pyridine rings is 1. The fourth-order valence-electron chi connectivity index (χ4n) is 3.79. The molecule has 0 radical (unpaired) electrons. The highest BCUT2D eigenvalue weighted by molar-refractivity contribution is 14.1. The van der Waals surface area contributed by atoms with Crippen LogP contribution in [0.25, 0.3) is 10.9 Å². The smallest absolute Gasteiger partial charge is 0.341 e. The quantitative estimate of drug-likeness (QED) is 0.345. The third kappa shape index (κ3) is 4.67. The Labute approximate surface area is 193 Å². The Morgan fingerprint density at radius 1 is 1.19 bits per heavy atom. The normalized spacial score (nSPS) is 12.8. The molecule has 1 heterocycles. The van der Waals surface area contributed by atoms with E-state index < -0.39 is 17.4 Å². The first kappa shape index (κ1) is 23.4. The molecule has 1 aromatic heterocycles. The van der Waals surface area contributed by atoms with E-state index in [0.717, 1.165) is 0 Å². The van der Waals surface area contributed by atoms with Crippen molar-refractivity contribution in [2.45, 2.75) is 37.7 Å². The standard InChI is InChI=1S/C24H25FINO4/c1-24(2,3)20(13-28)27-12-18(23(30)31)22(29)17-10-14(7-8-19(17)27)9-15-5-4-6-16(11-26)21(15)25/h4-8,10,12,20,28H,9,11,13H2,1-3H3,(H,30,31)/t20-/m1/s1. The summed E-state index contributed by atoms with van der Waals surface area (Å²) in [4.78, 5) is 24.7. The second-order valence-corrected chi connectivity index (χ2v) is 9.46. The van der Waals surface area contributed by atoms with Gasteiger partial charge in [0.2, 0.25) is 5.43 Å². The molecule has 1 atom stereocenters. The molecule has 0 fully saturated rings. The van der Waals surface area contributed by atoms with Gasteiger partial charge in [0.1, 0.15) is 11.4 Å². The minimum Gasteiger partial charge on any atom is -0.477 e. The lowest BCUT2D eigenvalue weighted by Gasteiger charge is -2.32. The predicted molar refractivity (Wildman–Crippen MR) is 128 cm³/mol. The number of hydrogen-bond acceptors (Lipinski definition) is 3. The van der Waals surface area contributed by atoms with Gasteiger partial charge in [0.05, 0.1) is 18.2 Å². The first-order valence-corrected chi connectivity index (χ1v) is 11.4. The van der Waals surface area contributed by atoms with E-state index in [0.29, 0.717) is 26.6 Å². The third-order valence-electron chi connectivity index (χ3n) is 5.53. The van der Waals surface area contributed by atoms with Crippen LogP contribution in [0.3, 0.4) is 0 Å². The second kappa shape index (κ2) is 9.08. The van der Waals surface area contributed by atoms with E-state index in [1.54, 1.807) is 34.9 Å². The molecule has 0 unspecified atom stereocenters. The van der Waals surface area contributed by atoms with Crippen molar-refractivity contribution in [1.82, 2.24) is 4.57 Å². The van der Waals surface area contributed by atoms with Gasteiger partial charge in [-0.1, -0.05) is 67.6 Å². The SMILES string of the molecule is CC(C)(C)[C@@H](CO)n1cc(C(=O)O)c(=O)c2cc(Cc3cccc(CI)c3F)ccc21. The van der Waals surface area contributed by atoms with Crippen molar-refractivity contribution in [3.8, 4) is 0 Å². The number of carbonyl (C=O) groups is 1. The molecule has 3 rings (SSSR count). The van der Waals surface area contributed by atoms with Crippen molar-refractivity contribution in [3.63, 3.8) is 0 Å². The van der Waals surface area contributed by atoms with Crippen LogP contribution in [0.5, 0.6) is 0 Å². The van der Waals surface area contributed by atoms with Crippen LogP contribution < -0.4 is 5.43 Å². The largest absolute Gasteiger partial charge is 0.477 e. The molecule has 2 N–H and O–H groups in total. The van der Waals surface area contributed by atoms with Gasteiger partial charge in [-0.15, -0.1) is 0 Å². The molecule has 164 valence electrons. The summed E-state index contributed by atoms with van der Waals surface area (Å²) in [5, 5.41) is 19.8.